The van der Waals surface area contributed by atoms with Crippen LogP contribution in [0.4, 0.5) is 0 Å². The number of aliphatic hydroxyl groups is 2. The van der Waals surface area contributed by atoms with E-state index in [2.05, 4.69) is 0 Å². The average Bonchev–Trinajstić information content (AvgIpc) is 2.48. The summed E-state index contributed by atoms with van der Waals surface area (Å²) in [4.78, 5) is 10.3. The van der Waals surface area contributed by atoms with E-state index in [0.29, 0.717) is 25.7 Å². The lowest BCUT2D eigenvalue weighted by atomic mass is 9.97. The highest BCUT2D eigenvalue weighted by molar-refractivity contribution is 5.66. The van der Waals surface area contributed by atoms with Gasteiger partial charge in [-0.05, 0) is 19.3 Å². The smallest absolute Gasteiger partial charge is 0.303 e. The lowest BCUT2D eigenvalue weighted by molar-refractivity contribution is -0.137. The Labute approximate surface area is 101 Å². The molecule has 1 rings (SSSR count). The fourth-order valence-corrected chi connectivity index (χ4v) is 2.18. The zero-order chi connectivity index (χ0) is 12.8. The topological polar surface area (TPSA) is 104 Å². The molecule has 5 heteroatoms. The largest absolute Gasteiger partial charge is 0.481 e. The third-order valence-electron chi connectivity index (χ3n) is 3.25. The van der Waals surface area contributed by atoms with Crippen LogP contribution in [0.2, 0.25) is 0 Å². The maximum absolute atomic E-state index is 10.3. The Morgan fingerprint density at radius 1 is 1.29 bits per heavy atom. The molecule has 0 radical (unpaired) electrons. The summed E-state index contributed by atoms with van der Waals surface area (Å²) in [7, 11) is 0. The van der Waals surface area contributed by atoms with Crippen molar-refractivity contribution in [3.8, 4) is 0 Å². The van der Waals surface area contributed by atoms with Gasteiger partial charge in [-0.2, -0.15) is 0 Å². The standard InChI is InChI=1S/C12H21NO4/c13-12-8(9(14)7-10(12)15)5-3-1-2-4-6-11(16)17/h1,3,8-10,12,14-15H,2,4-7,13H2,(H,16,17)/b3-1-/t8-,9-,10+,12+/m0/s1. The quantitative estimate of drug-likeness (QED) is 0.395. The molecule has 0 heterocycles. The highest BCUT2D eigenvalue weighted by Gasteiger charge is 2.38. The van der Waals surface area contributed by atoms with Crippen molar-refractivity contribution in [1.29, 1.82) is 0 Å². The number of unbranched alkanes of at least 4 members (excludes halogenated alkanes) is 1. The Kier molecular flexibility index (Phi) is 5.61. The molecule has 0 spiro atoms. The van der Waals surface area contributed by atoms with Gasteiger partial charge in [0.2, 0.25) is 0 Å². The Morgan fingerprint density at radius 3 is 2.53 bits per heavy atom. The molecule has 98 valence electrons. The number of aliphatic hydroxyl groups excluding tert-OH is 2. The van der Waals surface area contributed by atoms with E-state index in [1.54, 1.807) is 0 Å². The van der Waals surface area contributed by atoms with Crippen LogP contribution in [-0.2, 0) is 4.79 Å². The van der Waals surface area contributed by atoms with Crippen LogP contribution in [0.5, 0.6) is 0 Å². The fourth-order valence-electron chi connectivity index (χ4n) is 2.18. The van der Waals surface area contributed by atoms with Gasteiger partial charge < -0.3 is 21.1 Å². The summed E-state index contributed by atoms with van der Waals surface area (Å²) in [5.41, 5.74) is 5.77. The molecule has 1 fully saturated rings. The molecule has 5 N–H and O–H groups in total. The van der Waals surface area contributed by atoms with Crippen molar-refractivity contribution >= 4 is 5.97 Å². The Bertz CT molecular complexity index is 280. The van der Waals surface area contributed by atoms with E-state index >= 15 is 0 Å². The van der Waals surface area contributed by atoms with Gasteiger partial charge in [0.25, 0.3) is 0 Å². The number of hydrogen-bond acceptors (Lipinski definition) is 4. The normalized spacial score (nSPS) is 33.4. The van der Waals surface area contributed by atoms with Crippen molar-refractivity contribution in [1.82, 2.24) is 0 Å². The third-order valence-corrected chi connectivity index (χ3v) is 3.25. The Balaban J connectivity index is 2.21. The van der Waals surface area contributed by atoms with Crippen LogP contribution in [0.15, 0.2) is 12.2 Å². The number of aliphatic carboxylic acids is 1. The first-order chi connectivity index (χ1) is 8.02. The van der Waals surface area contributed by atoms with Crippen molar-refractivity contribution in [3.05, 3.63) is 12.2 Å². The van der Waals surface area contributed by atoms with Crippen LogP contribution in [-0.4, -0.2) is 39.5 Å². The van der Waals surface area contributed by atoms with Gasteiger partial charge in [-0.15, -0.1) is 0 Å². The highest BCUT2D eigenvalue weighted by atomic mass is 16.4. The van der Waals surface area contributed by atoms with E-state index in [9.17, 15) is 15.0 Å². The van der Waals surface area contributed by atoms with Crippen LogP contribution in [0.3, 0.4) is 0 Å². The van der Waals surface area contributed by atoms with E-state index in [4.69, 9.17) is 10.8 Å². The van der Waals surface area contributed by atoms with Crippen LogP contribution >= 0.6 is 0 Å². The molecule has 0 aliphatic heterocycles. The molecule has 1 aliphatic rings. The first kappa shape index (κ1) is 14.2. The van der Waals surface area contributed by atoms with Gasteiger partial charge in [0.05, 0.1) is 12.2 Å². The van der Waals surface area contributed by atoms with Crippen LogP contribution in [0.1, 0.15) is 32.1 Å². The monoisotopic (exact) mass is 243 g/mol. The average molecular weight is 243 g/mol. The fraction of sp³-hybridized carbons (Fsp3) is 0.750. The summed E-state index contributed by atoms with van der Waals surface area (Å²) < 4.78 is 0. The highest BCUT2D eigenvalue weighted by Crippen LogP contribution is 2.28. The lowest BCUT2D eigenvalue weighted by Gasteiger charge is -2.17. The molecule has 0 aromatic carbocycles. The molecular weight excluding hydrogens is 222 g/mol. The molecule has 0 aromatic heterocycles. The second-order valence-electron chi connectivity index (χ2n) is 4.60. The zero-order valence-electron chi connectivity index (χ0n) is 9.83. The number of rotatable bonds is 6. The molecule has 17 heavy (non-hydrogen) atoms. The molecule has 0 amide bonds. The number of hydrogen-bond donors (Lipinski definition) is 4. The minimum absolute atomic E-state index is 0.0966. The molecule has 5 nitrogen and oxygen atoms in total. The minimum atomic E-state index is -0.783. The van der Waals surface area contributed by atoms with Gasteiger partial charge in [0.1, 0.15) is 0 Å². The maximum Gasteiger partial charge on any atom is 0.303 e. The number of nitrogens with two attached hydrogens (primary N) is 1. The van der Waals surface area contributed by atoms with Crippen molar-refractivity contribution < 1.29 is 20.1 Å². The summed E-state index contributed by atoms with van der Waals surface area (Å²) >= 11 is 0. The van der Waals surface area contributed by atoms with Gasteiger partial charge in [0.15, 0.2) is 0 Å². The third kappa shape index (κ3) is 4.46. The van der Waals surface area contributed by atoms with Gasteiger partial charge >= 0.3 is 5.97 Å². The van der Waals surface area contributed by atoms with Crippen molar-refractivity contribution in [2.75, 3.05) is 0 Å². The van der Waals surface area contributed by atoms with Crippen molar-refractivity contribution in [3.63, 3.8) is 0 Å². The van der Waals surface area contributed by atoms with Crippen molar-refractivity contribution in [2.24, 2.45) is 11.7 Å². The maximum atomic E-state index is 10.3. The molecule has 0 saturated heterocycles. The molecular formula is C12H21NO4. The van der Waals surface area contributed by atoms with Gasteiger partial charge in [-0.1, -0.05) is 12.2 Å². The summed E-state index contributed by atoms with van der Waals surface area (Å²) in [6.07, 6.45) is 5.15. The molecule has 0 unspecified atom stereocenters. The van der Waals surface area contributed by atoms with Gasteiger partial charge in [-0.25, -0.2) is 0 Å². The van der Waals surface area contributed by atoms with Gasteiger partial charge in [-0.3, -0.25) is 4.79 Å². The number of carboxylic acid groups (broad SMARTS) is 1. The summed E-state index contributed by atoms with van der Waals surface area (Å²) in [5.74, 6) is -0.879. The lowest BCUT2D eigenvalue weighted by Crippen LogP contribution is -2.35. The predicted octanol–water partition coefficient (Wildman–Crippen LogP) is 0.257. The SMILES string of the molecule is N[C@@H]1[C@@H](C/C=C\CCCC(=O)O)[C@@H](O)C[C@H]1O. The Morgan fingerprint density at radius 2 is 2.00 bits per heavy atom. The first-order valence-electron chi connectivity index (χ1n) is 6.01. The van der Waals surface area contributed by atoms with E-state index < -0.39 is 18.2 Å². The first-order valence-corrected chi connectivity index (χ1v) is 6.01. The number of carbonyl (C=O) groups is 1. The van der Waals surface area contributed by atoms with E-state index in [0.717, 1.165) is 0 Å². The second-order valence-corrected chi connectivity index (χ2v) is 4.60. The molecule has 0 aromatic rings. The minimum Gasteiger partial charge on any atom is -0.481 e. The summed E-state index contributed by atoms with van der Waals surface area (Å²) in [6.45, 7) is 0. The van der Waals surface area contributed by atoms with Crippen LogP contribution in [0, 0.1) is 5.92 Å². The number of allylic oxidation sites excluding steroid dienone is 2. The summed E-state index contributed by atoms with van der Waals surface area (Å²) in [6, 6.07) is -0.367. The molecule has 1 aliphatic carbocycles. The van der Waals surface area contributed by atoms with E-state index in [1.807, 2.05) is 12.2 Å². The van der Waals surface area contributed by atoms with E-state index in [1.165, 1.54) is 0 Å². The van der Waals surface area contributed by atoms with E-state index in [-0.39, 0.29) is 18.4 Å². The second kappa shape index (κ2) is 6.74. The predicted molar refractivity (Wildman–Crippen MR) is 63.3 cm³/mol. The van der Waals surface area contributed by atoms with Crippen LogP contribution in [0.25, 0.3) is 0 Å². The molecule has 4 atom stereocenters. The number of carboxylic acids is 1. The van der Waals surface area contributed by atoms with Gasteiger partial charge in [0, 0.05) is 24.8 Å². The van der Waals surface area contributed by atoms with Crippen molar-refractivity contribution in [2.45, 2.75) is 50.4 Å². The zero-order valence-corrected chi connectivity index (χ0v) is 9.83. The molecule has 1 saturated carbocycles. The molecule has 0 bridgehead atoms. The summed E-state index contributed by atoms with van der Waals surface area (Å²) in [5, 5.41) is 27.6. The Hall–Kier alpha value is -0.910. The van der Waals surface area contributed by atoms with Crippen LogP contribution < -0.4 is 5.73 Å².